The van der Waals surface area contributed by atoms with Crippen molar-refractivity contribution in [1.82, 2.24) is 20.1 Å². The topological polar surface area (TPSA) is 85.8 Å². The van der Waals surface area contributed by atoms with Crippen molar-refractivity contribution in [1.29, 1.82) is 0 Å². The molecule has 2 rings (SSSR count). The summed E-state index contributed by atoms with van der Waals surface area (Å²) in [5.41, 5.74) is 7.58. The number of carbonyl (C=O) groups excluding carboxylic acids is 1. The first-order valence-corrected chi connectivity index (χ1v) is 6.02. The Hall–Kier alpha value is -1.89. The van der Waals surface area contributed by atoms with Crippen molar-refractivity contribution in [3.8, 4) is 5.82 Å². The fraction of sp³-hybridized carbons (Fsp3) is 0.182. The molecule has 0 atom stereocenters. The second-order valence-electron chi connectivity index (χ2n) is 3.70. The van der Waals surface area contributed by atoms with Crippen LogP contribution in [0.5, 0.6) is 0 Å². The Balaban J connectivity index is 2.47. The Morgan fingerprint density at radius 1 is 1.56 bits per heavy atom. The number of nitrogens with zero attached hydrogens (tertiary/aromatic N) is 3. The fourth-order valence-corrected chi connectivity index (χ4v) is 1.94. The van der Waals surface area contributed by atoms with E-state index in [1.165, 1.54) is 4.68 Å². The van der Waals surface area contributed by atoms with Gasteiger partial charge >= 0.3 is 0 Å². The van der Waals surface area contributed by atoms with Crippen molar-refractivity contribution in [2.45, 2.75) is 6.92 Å². The number of nitrogen functional groups attached to an aromatic ring is 1. The Bertz CT molecular complexity index is 607. The Morgan fingerprint density at radius 3 is 2.94 bits per heavy atom. The van der Waals surface area contributed by atoms with Crippen LogP contribution >= 0.6 is 15.9 Å². The molecule has 94 valence electrons. The molecule has 18 heavy (non-hydrogen) atoms. The van der Waals surface area contributed by atoms with Gasteiger partial charge in [0.15, 0.2) is 11.5 Å². The van der Waals surface area contributed by atoms with Crippen LogP contribution in [0.2, 0.25) is 0 Å². The molecule has 0 bridgehead atoms. The van der Waals surface area contributed by atoms with Crippen LogP contribution < -0.4 is 11.1 Å². The molecule has 1 amide bonds. The SMILES string of the molecule is CNC(=O)c1ccn(-c2ncc(N)c(C)c2Br)n1. The minimum absolute atomic E-state index is 0.239. The van der Waals surface area contributed by atoms with Crippen molar-refractivity contribution in [3.63, 3.8) is 0 Å². The Labute approximate surface area is 112 Å². The lowest BCUT2D eigenvalue weighted by Gasteiger charge is -2.08. The number of anilines is 1. The molecule has 0 aromatic carbocycles. The molecule has 0 unspecified atom stereocenters. The summed E-state index contributed by atoms with van der Waals surface area (Å²) >= 11 is 3.43. The van der Waals surface area contributed by atoms with Crippen LogP contribution in [0.1, 0.15) is 16.1 Å². The zero-order chi connectivity index (χ0) is 13.3. The van der Waals surface area contributed by atoms with Crippen LogP contribution in [0.4, 0.5) is 5.69 Å². The Kier molecular flexibility index (Phi) is 3.33. The molecular formula is C11H12BrN5O. The lowest BCUT2D eigenvalue weighted by atomic mass is 10.2. The summed E-state index contributed by atoms with van der Waals surface area (Å²) in [4.78, 5) is 15.6. The van der Waals surface area contributed by atoms with Gasteiger partial charge in [-0.05, 0) is 34.5 Å². The number of halogens is 1. The maximum Gasteiger partial charge on any atom is 0.271 e. The van der Waals surface area contributed by atoms with Gasteiger partial charge in [-0.15, -0.1) is 0 Å². The predicted molar refractivity (Wildman–Crippen MR) is 71.6 cm³/mol. The molecule has 3 N–H and O–H groups in total. The highest BCUT2D eigenvalue weighted by molar-refractivity contribution is 9.10. The van der Waals surface area contributed by atoms with Gasteiger partial charge in [0, 0.05) is 13.2 Å². The largest absolute Gasteiger partial charge is 0.397 e. The molecule has 0 aliphatic carbocycles. The highest BCUT2D eigenvalue weighted by Gasteiger charge is 2.13. The van der Waals surface area contributed by atoms with Crippen LogP contribution in [0.25, 0.3) is 5.82 Å². The molecule has 0 fully saturated rings. The smallest absolute Gasteiger partial charge is 0.271 e. The average molecular weight is 310 g/mol. The summed E-state index contributed by atoms with van der Waals surface area (Å²) in [7, 11) is 1.56. The predicted octanol–water partition coefficient (Wildman–Crippen LogP) is 1.28. The molecule has 0 spiro atoms. The van der Waals surface area contributed by atoms with Crippen molar-refractivity contribution in [2.75, 3.05) is 12.8 Å². The van der Waals surface area contributed by atoms with Crippen LogP contribution in [0.3, 0.4) is 0 Å². The molecule has 0 saturated heterocycles. The van der Waals surface area contributed by atoms with Gasteiger partial charge in [0.2, 0.25) is 0 Å². The minimum atomic E-state index is -0.239. The molecule has 6 nitrogen and oxygen atoms in total. The first kappa shape index (κ1) is 12.6. The van der Waals surface area contributed by atoms with E-state index in [-0.39, 0.29) is 5.91 Å². The van der Waals surface area contributed by atoms with E-state index in [2.05, 4.69) is 31.3 Å². The van der Waals surface area contributed by atoms with Crippen molar-refractivity contribution < 1.29 is 4.79 Å². The molecular weight excluding hydrogens is 298 g/mol. The number of hydrogen-bond acceptors (Lipinski definition) is 4. The summed E-state index contributed by atoms with van der Waals surface area (Å²) < 4.78 is 2.29. The Morgan fingerprint density at radius 2 is 2.28 bits per heavy atom. The zero-order valence-electron chi connectivity index (χ0n) is 9.94. The van der Waals surface area contributed by atoms with E-state index in [9.17, 15) is 4.79 Å². The standard InChI is InChI=1S/C11H12BrN5O/c1-6-7(13)5-15-10(9(6)12)17-4-3-8(16-17)11(18)14-2/h3-5H,13H2,1-2H3,(H,14,18). The van der Waals surface area contributed by atoms with E-state index < -0.39 is 0 Å². The van der Waals surface area contributed by atoms with Crippen LogP contribution in [-0.2, 0) is 0 Å². The number of nitrogens with one attached hydrogen (secondary N) is 1. The number of hydrogen-bond donors (Lipinski definition) is 2. The molecule has 2 aromatic heterocycles. The quantitative estimate of drug-likeness (QED) is 0.875. The first-order valence-electron chi connectivity index (χ1n) is 5.23. The van der Waals surface area contributed by atoms with Gasteiger partial charge in [-0.2, -0.15) is 5.10 Å². The van der Waals surface area contributed by atoms with Crippen LogP contribution in [0.15, 0.2) is 22.9 Å². The number of rotatable bonds is 2. The summed E-state index contributed by atoms with van der Waals surface area (Å²) in [6.45, 7) is 1.88. The van der Waals surface area contributed by atoms with Gasteiger partial charge in [0.05, 0.1) is 16.4 Å². The highest BCUT2D eigenvalue weighted by atomic mass is 79.9. The monoisotopic (exact) mass is 309 g/mol. The fourth-order valence-electron chi connectivity index (χ4n) is 1.43. The average Bonchev–Trinajstić information content (AvgIpc) is 2.84. The summed E-state index contributed by atoms with van der Waals surface area (Å²) in [5, 5.41) is 6.67. The summed E-state index contributed by atoms with van der Waals surface area (Å²) in [6, 6.07) is 1.62. The van der Waals surface area contributed by atoms with Gasteiger partial charge in [-0.25, -0.2) is 9.67 Å². The van der Waals surface area contributed by atoms with Crippen molar-refractivity contribution in [2.24, 2.45) is 0 Å². The third kappa shape index (κ3) is 2.08. The van der Waals surface area contributed by atoms with E-state index in [1.807, 2.05) is 6.92 Å². The molecule has 2 heterocycles. The normalized spacial score (nSPS) is 10.4. The molecule has 0 saturated carbocycles. The van der Waals surface area contributed by atoms with Gasteiger partial charge in [-0.3, -0.25) is 4.79 Å². The third-order valence-corrected chi connectivity index (χ3v) is 3.50. The van der Waals surface area contributed by atoms with Gasteiger partial charge < -0.3 is 11.1 Å². The number of pyridine rings is 1. The number of nitrogens with two attached hydrogens (primary N) is 1. The van der Waals surface area contributed by atoms with E-state index in [1.54, 1.807) is 25.5 Å². The van der Waals surface area contributed by atoms with Crippen molar-refractivity contribution >= 4 is 27.5 Å². The van der Waals surface area contributed by atoms with Gasteiger partial charge in [-0.1, -0.05) is 0 Å². The van der Waals surface area contributed by atoms with Crippen LogP contribution in [0, 0.1) is 6.92 Å². The highest BCUT2D eigenvalue weighted by Crippen LogP contribution is 2.26. The van der Waals surface area contributed by atoms with E-state index >= 15 is 0 Å². The van der Waals surface area contributed by atoms with Crippen molar-refractivity contribution in [3.05, 3.63) is 34.2 Å². The second-order valence-corrected chi connectivity index (χ2v) is 4.49. The molecule has 0 radical (unpaired) electrons. The third-order valence-electron chi connectivity index (χ3n) is 2.55. The number of amides is 1. The number of aromatic nitrogens is 3. The molecule has 0 aliphatic rings. The summed E-state index contributed by atoms with van der Waals surface area (Å²) in [5.74, 6) is 0.355. The molecule has 0 aliphatic heterocycles. The maximum absolute atomic E-state index is 11.4. The molecule has 7 heteroatoms. The van der Waals surface area contributed by atoms with Crippen LogP contribution in [-0.4, -0.2) is 27.7 Å². The zero-order valence-corrected chi connectivity index (χ0v) is 11.5. The van der Waals surface area contributed by atoms with Gasteiger partial charge in [0.25, 0.3) is 5.91 Å². The maximum atomic E-state index is 11.4. The van der Waals surface area contributed by atoms with E-state index in [0.717, 1.165) is 10.0 Å². The minimum Gasteiger partial charge on any atom is -0.397 e. The summed E-state index contributed by atoms with van der Waals surface area (Å²) in [6.07, 6.45) is 3.24. The lowest BCUT2D eigenvalue weighted by Crippen LogP contribution is -2.18. The van der Waals surface area contributed by atoms with E-state index in [0.29, 0.717) is 17.2 Å². The van der Waals surface area contributed by atoms with E-state index in [4.69, 9.17) is 5.73 Å². The van der Waals surface area contributed by atoms with Gasteiger partial charge in [0.1, 0.15) is 0 Å². The second kappa shape index (κ2) is 4.77. The molecule has 2 aromatic rings. The first-order chi connectivity index (χ1) is 8.54. The number of carbonyl (C=O) groups is 1. The lowest BCUT2D eigenvalue weighted by molar-refractivity contribution is 0.0957.